The molecule has 20 heavy (non-hydrogen) atoms. The number of esters is 2. The van der Waals surface area contributed by atoms with Gasteiger partial charge in [0, 0.05) is 5.92 Å². The van der Waals surface area contributed by atoms with Gasteiger partial charge in [-0.3, -0.25) is 9.59 Å². The number of nitrogens with zero attached hydrogens (tertiary/aromatic N) is 1. The van der Waals surface area contributed by atoms with Crippen molar-refractivity contribution in [2.24, 2.45) is 23.7 Å². The molecular weight excluding hydrogens is 258 g/mol. The van der Waals surface area contributed by atoms with Crippen LogP contribution in [-0.4, -0.2) is 56.3 Å². The van der Waals surface area contributed by atoms with Crippen LogP contribution in [0.3, 0.4) is 0 Å². The molecule has 5 atom stereocenters. The molecule has 2 saturated carbocycles. The Morgan fingerprint density at radius 2 is 2.15 bits per heavy atom. The Balaban J connectivity index is 1.57. The van der Waals surface area contributed by atoms with Gasteiger partial charge in [-0.1, -0.05) is 0 Å². The molecule has 1 aliphatic heterocycles. The van der Waals surface area contributed by atoms with Crippen molar-refractivity contribution in [2.75, 3.05) is 33.8 Å². The highest BCUT2D eigenvalue weighted by Gasteiger charge is 2.64. The molecule has 0 radical (unpaired) electrons. The predicted molar refractivity (Wildman–Crippen MR) is 71.5 cm³/mol. The molecule has 0 spiro atoms. The Bertz CT molecular complexity index is 432. The van der Waals surface area contributed by atoms with Crippen molar-refractivity contribution in [1.29, 1.82) is 0 Å². The summed E-state index contributed by atoms with van der Waals surface area (Å²) < 4.78 is 11.6. The van der Waals surface area contributed by atoms with Crippen LogP contribution in [0.5, 0.6) is 0 Å². The molecule has 2 bridgehead atoms. The van der Waals surface area contributed by atoms with Gasteiger partial charge < -0.3 is 14.0 Å². The van der Waals surface area contributed by atoms with Crippen LogP contribution < -0.4 is 0 Å². The molecular formula is C15H24NO4+. The summed E-state index contributed by atoms with van der Waals surface area (Å²) in [7, 11) is 4.23. The third-order valence-corrected chi connectivity index (χ3v) is 5.55. The van der Waals surface area contributed by atoms with Gasteiger partial charge >= 0.3 is 11.9 Å². The van der Waals surface area contributed by atoms with E-state index in [1.54, 1.807) is 0 Å². The molecule has 3 aliphatic rings. The number of carbonyl (C=O) groups excluding carboxylic acids is 2. The van der Waals surface area contributed by atoms with Gasteiger partial charge in [0.2, 0.25) is 0 Å². The maximum atomic E-state index is 12.3. The van der Waals surface area contributed by atoms with E-state index in [9.17, 15) is 9.59 Å². The minimum Gasteiger partial charge on any atom is -0.462 e. The highest BCUT2D eigenvalue weighted by molar-refractivity contribution is 5.85. The van der Waals surface area contributed by atoms with Crippen molar-refractivity contribution in [3.05, 3.63) is 0 Å². The summed E-state index contributed by atoms with van der Waals surface area (Å²) in [6, 6.07) is 0. The molecule has 5 nitrogen and oxygen atoms in total. The van der Waals surface area contributed by atoms with E-state index in [-0.39, 0.29) is 35.8 Å². The van der Waals surface area contributed by atoms with Crippen molar-refractivity contribution in [3.63, 3.8) is 0 Å². The lowest BCUT2D eigenvalue weighted by Crippen LogP contribution is -2.43. The normalized spacial score (nSPS) is 38.1. The average Bonchev–Trinajstić information content (AvgIpc) is 2.99. The van der Waals surface area contributed by atoms with Gasteiger partial charge in [0.1, 0.15) is 19.3 Å². The molecule has 0 aromatic heterocycles. The second-order valence-electron chi connectivity index (χ2n) is 7.07. The van der Waals surface area contributed by atoms with Crippen LogP contribution in [0.15, 0.2) is 0 Å². The Labute approximate surface area is 119 Å². The zero-order valence-electron chi connectivity index (χ0n) is 12.5. The highest BCUT2D eigenvalue weighted by Crippen LogP contribution is 2.57. The van der Waals surface area contributed by atoms with Gasteiger partial charge in [-0.25, -0.2) is 0 Å². The first-order valence-corrected chi connectivity index (χ1v) is 7.62. The third-order valence-electron chi connectivity index (χ3n) is 5.55. The lowest BCUT2D eigenvalue weighted by Gasteiger charge is -2.28. The molecule has 1 saturated heterocycles. The van der Waals surface area contributed by atoms with E-state index in [0.29, 0.717) is 12.5 Å². The first kappa shape index (κ1) is 13.9. The number of ether oxygens (including phenoxy) is 2. The van der Waals surface area contributed by atoms with Crippen LogP contribution in [0.4, 0.5) is 0 Å². The van der Waals surface area contributed by atoms with Crippen molar-refractivity contribution < 1.29 is 23.5 Å². The number of likely N-dealkylation sites (N-methyl/N-ethyl adjacent to an activating group) is 1. The first-order chi connectivity index (χ1) is 9.43. The van der Waals surface area contributed by atoms with Gasteiger partial charge in [0.25, 0.3) is 0 Å². The van der Waals surface area contributed by atoms with Crippen LogP contribution >= 0.6 is 0 Å². The molecule has 112 valence electrons. The number of hydrogen-bond acceptors (Lipinski definition) is 4. The third kappa shape index (κ3) is 2.12. The number of hydrogen-bond donors (Lipinski definition) is 0. The van der Waals surface area contributed by atoms with Gasteiger partial charge in [0.15, 0.2) is 0 Å². The minimum atomic E-state index is -0.247. The Morgan fingerprint density at radius 3 is 2.85 bits per heavy atom. The summed E-state index contributed by atoms with van der Waals surface area (Å²) in [5.74, 6) is -0.263. The smallest absolute Gasteiger partial charge is 0.310 e. The molecule has 1 heterocycles. The highest BCUT2D eigenvalue weighted by atomic mass is 16.6. The molecule has 3 rings (SSSR count). The number of carbonyl (C=O) groups is 2. The summed E-state index contributed by atoms with van der Waals surface area (Å²) in [6.45, 7) is 4.36. The fraction of sp³-hybridized carbons (Fsp3) is 0.867. The number of fused-ring (bicyclic) bond motifs is 1. The Hall–Kier alpha value is -1.10. The summed E-state index contributed by atoms with van der Waals surface area (Å²) >= 11 is 0. The summed E-state index contributed by atoms with van der Waals surface area (Å²) in [4.78, 5) is 24.2. The Morgan fingerprint density at radius 1 is 1.40 bits per heavy atom. The van der Waals surface area contributed by atoms with E-state index >= 15 is 0 Å². The molecule has 0 unspecified atom stereocenters. The van der Waals surface area contributed by atoms with Crippen LogP contribution in [-0.2, 0) is 19.1 Å². The quantitative estimate of drug-likeness (QED) is 0.553. The zero-order chi connectivity index (χ0) is 14.5. The van der Waals surface area contributed by atoms with E-state index < -0.39 is 0 Å². The monoisotopic (exact) mass is 282 g/mol. The fourth-order valence-corrected chi connectivity index (χ4v) is 3.97. The van der Waals surface area contributed by atoms with Crippen LogP contribution in [0.1, 0.15) is 19.8 Å². The summed E-state index contributed by atoms with van der Waals surface area (Å²) in [5.41, 5.74) is 0. The zero-order valence-corrected chi connectivity index (χ0v) is 12.5. The molecule has 0 amide bonds. The molecule has 0 N–H and O–H groups in total. The molecule has 3 fully saturated rings. The Kier molecular flexibility index (Phi) is 3.27. The van der Waals surface area contributed by atoms with Gasteiger partial charge in [-0.05, 0) is 25.7 Å². The number of rotatable bonds is 5. The SMILES string of the molecule is CC[N+](C)(C)CCOC(=O)[C@@H]1[C@H]2C[C@@H]3[C@@H]1C(=O)O[C@@H]3C2. The van der Waals surface area contributed by atoms with E-state index in [0.717, 1.165) is 30.4 Å². The molecule has 0 aromatic carbocycles. The van der Waals surface area contributed by atoms with Crippen LogP contribution in [0.2, 0.25) is 0 Å². The largest absolute Gasteiger partial charge is 0.462 e. The van der Waals surface area contributed by atoms with Gasteiger partial charge in [-0.15, -0.1) is 0 Å². The standard InChI is InChI=1S/C15H24NO4/c1-4-16(2,3)5-6-19-14(17)12-9-7-10-11(8-9)20-15(18)13(10)12/h9-13H,4-8H2,1-3H3/q+1/t9-,10-,11+,12+,13-/m0/s1. The fourth-order valence-electron chi connectivity index (χ4n) is 3.97. The van der Waals surface area contributed by atoms with E-state index in [2.05, 4.69) is 21.0 Å². The lowest BCUT2D eigenvalue weighted by molar-refractivity contribution is -0.888. The van der Waals surface area contributed by atoms with Crippen molar-refractivity contribution in [2.45, 2.75) is 25.9 Å². The average molecular weight is 282 g/mol. The summed E-state index contributed by atoms with van der Waals surface area (Å²) in [6.07, 6.45) is 1.89. The van der Waals surface area contributed by atoms with Crippen LogP contribution in [0.25, 0.3) is 0 Å². The van der Waals surface area contributed by atoms with Gasteiger partial charge in [0.05, 0.1) is 32.5 Å². The second kappa shape index (κ2) is 4.72. The van der Waals surface area contributed by atoms with Crippen molar-refractivity contribution in [1.82, 2.24) is 0 Å². The van der Waals surface area contributed by atoms with E-state index in [4.69, 9.17) is 9.47 Å². The molecule has 5 heteroatoms. The minimum absolute atomic E-state index is 0.0808. The summed E-state index contributed by atoms with van der Waals surface area (Å²) in [5, 5.41) is 0. The molecule has 2 aliphatic carbocycles. The van der Waals surface area contributed by atoms with Gasteiger partial charge in [-0.2, -0.15) is 0 Å². The van der Waals surface area contributed by atoms with Crippen molar-refractivity contribution in [3.8, 4) is 0 Å². The van der Waals surface area contributed by atoms with E-state index in [1.165, 1.54) is 0 Å². The molecule has 0 aromatic rings. The van der Waals surface area contributed by atoms with Crippen LogP contribution in [0, 0.1) is 23.7 Å². The van der Waals surface area contributed by atoms with E-state index in [1.807, 2.05) is 0 Å². The maximum absolute atomic E-state index is 12.3. The van der Waals surface area contributed by atoms with Crippen molar-refractivity contribution >= 4 is 11.9 Å². The lowest BCUT2D eigenvalue weighted by atomic mass is 9.80. The first-order valence-electron chi connectivity index (χ1n) is 7.62. The number of quaternary nitrogens is 1. The predicted octanol–water partition coefficient (Wildman–Crippen LogP) is 0.824. The second-order valence-corrected chi connectivity index (χ2v) is 7.07. The topological polar surface area (TPSA) is 52.6 Å². The maximum Gasteiger partial charge on any atom is 0.310 e.